The Balaban J connectivity index is 2.21. The lowest BCUT2D eigenvalue weighted by Crippen LogP contribution is -2.28. The zero-order valence-corrected chi connectivity index (χ0v) is 10.8. The summed E-state index contributed by atoms with van der Waals surface area (Å²) in [7, 11) is 2.16. The van der Waals surface area contributed by atoms with E-state index >= 15 is 0 Å². The summed E-state index contributed by atoms with van der Waals surface area (Å²) in [5, 5.41) is 3.34. The molecule has 1 rings (SSSR count). The van der Waals surface area contributed by atoms with E-state index in [4.69, 9.17) is 0 Å². The molecule has 0 spiro atoms. The van der Waals surface area contributed by atoms with Gasteiger partial charge in [0.05, 0.1) is 0 Å². The molecule has 0 unspecified atom stereocenters. The van der Waals surface area contributed by atoms with Crippen LogP contribution in [0.25, 0.3) is 0 Å². The highest BCUT2D eigenvalue weighted by Gasteiger charge is 2.01. The monoisotopic (exact) mass is 221 g/mol. The van der Waals surface area contributed by atoms with Crippen LogP contribution in [0.5, 0.6) is 0 Å². The van der Waals surface area contributed by atoms with Gasteiger partial charge in [-0.15, -0.1) is 0 Å². The van der Waals surface area contributed by atoms with Gasteiger partial charge in [-0.25, -0.2) is 4.98 Å². The number of rotatable bonds is 6. The molecule has 0 aliphatic rings. The zero-order valence-electron chi connectivity index (χ0n) is 10.8. The van der Waals surface area contributed by atoms with E-state index in [1.54, 1.807) is 0 Å². The summed E-state index contributed by atoms with van der Waals surface area (Å²) < 4.78 is 0. The lowest BCUT2D eigenvalue weighted by Gasteiger charge is -2.20. The SMILES string of the molecule is Cc1cccc(NCCCN(C)C(C)C)n1. The first-order valence-electron chi connectivity index (χ1n) is 5.97. The van der Waals surface area contributed by atoms with Gasteiger partial charge < -0.3 is 10.2 Å². The number of aromatic nitrogens is 1. The van der Waals surface area contributed by atoms with E-state index in [0.29, 0.717) is 6.04 Å². The average molecular weight is 221 g/mol. The van der Waals surface area contributed by atoms with E-state index in [2.05, 4.69) is 36.1 Å². The van der Waals surface area contributed by atoms with Crippen molar-refractivity contribution in [2.45, 2.75) is 33.2 Å². The smallest absolute Gasteiger partial charge is 0.126 e. The summed E-state index contributed by atoms with van der Waals surface area (Å²) in [6.07, 6.45) is 1.14. The lowest BCUT2D eigenvalue weighted by atomic mass is 10.3. The topological polar surface area (TPSA) is 28.2 Å². The molecule has 0 aliphatic carbocycles. The third-order valence-electron chi connectivity index (χ3n) is 2.76. The van der Waals surface area contributed by atoms with Crippen LogP contribution in [-0.2, 0) is 0 Å². The number of pyridine rings is 1. The van der Waals surface area contributed by atoms with Crippen molar-refractivity contribution < 1.29 is 0 Å². The summed E-state index contributed by atoms with van der Waals surface area (Å²) in [5.74, 6) is 0.979. The first-order chi connectivity index (χ1) is 7.59. The van der Waals surface area contributed by atoms with E-state index in [0.717, 1.165) is 31.0 Å². The summed E-state index contributed by atoms with van der Waals surface area (Å²) in [4.78, 5) is 6.75. The zero-order chi connectivity index (χ0) is 12.0. The van der Waals surface area contributed by atoms with Crippen molar-refractivity contribution in [2.24, 2.45) is 0 Å². The van der Waals surface area contributed by atoms with Gasteiger partial charge >= 0.3 is 0 Å². The molecule has 1 aromatic heterocycles. The summed E-state index contributed by atoms with van der Waals surface area (Å²) >= 11 is 0. The highest BCUT2D eigenvalue weighted by Crippen LogP contribution is 2.03. The van der Waals surface area contributed by atoms with Gasteiger partial charge in [0.1, 0.15) is 5.82 Å². The fourth-order valence-electron chi connectivity index (χ4n) is 1.44. The number of nitrogens with zero attached hydrogens (tertiary/aromatic N) is 2. The molecule has 0 saturated heterocycles. The van der Waals surface area contributed by atoms with Crippen LogP contribution in [0.15, 0.2) is 18.2 Å². The van der Waals surface area contributed by atoms with Crippen LogP contribution in [0.1, 0.15) is 26.0 Å². The number of nitrogens with one attached hydrogen (secondary N) is 1. The Morgan fingerprint density at radius 3 is 2.75 bits per heavy atom. The van der Waals surface area contributed by atoms with Gasteiger partial charge in [0.2, 0.25) is 0 Å². The molecule has 0 aliphatic heterocycles. The fraction of sp³-hybridized carbons (Fsp3) is 0.615. The van der Waals surface area contributed by atoms with Crippen LogP contribution in [0.4, 0.5) is 5.82 Å². The summed E-state index contributed by atoms with van der Waals surface area (Å²) in [6.45, 7) is 8.55. The van der Waals surface area contributed by atoms with Crippen molar-refractivity contribution in [1.29, 1.82) is 0 Å². The predicted octanol–water partition coefficient (Wildman–Crippen LogP) is 2.53. The molecule has 3 nitrogen and oxygen atoms in total. The lowest BCUT2D eigenvalue weighted by molar-refractivity contribution is 0.273. The predicted molar refractivity (Wildman–Crippen MR) is 69.8 cm³/mol. The number of aryl methyl sites for hydroxylation is 1. The van der Waals surface area contributed by atoms with Crippen molar-refractivity contribution in [1.82, 2.24) is 9.88 Å². The van der Waals surface area contributed by atoms with Crippen LogP contribution >= 0.6 is 0 Å². The van der Waals surface area contributed by atoms with Gasteiger partial charge in [-0.3, -0.25) is 0 Å². The van der Waals surface area contributed by atoms with Crippen LogP contribution in [0, 0.1) is 6.92 Å². The highest BCUT2D eigenvalue weighted by molar-refractivity contribution is 5.34. The fourth-order valence-corrected chi connectivity index (χ4v) is 1.44. The van der Waals surface area contributed by atoms with Gasteiger partial charge in [-0.1, -0.05) is 6.07 Å². The molecule has 0 fully saturated rings. The third kappa shape index (κ3) is 4.62. The van der Waals surface area contributed by atoms with E-state index in [-0.39, 0.29) is 0 Å². The molecule has 0 saturated carbocycles. The molecule has 16 heavy (non-hydrogen) atoms. The molecule has 0 bridgehead atoms. The quantitative estimate of drug-likeness (QED) is 0.748. The van der Waals surface area contributed by atoms with Gasteiger partial charge in [-0.2, -0.15) is 0 Å². The molecule has 90 valence electrons. The molecule has 0 radical (unpaired) electrons. The second-order valence-corrected chi connectivity index (χ2v) is 4.52. The normalized spacial score (nSPS) is 11.1. The average Bonchev–Trinajstić information content (AvgIpc) is 2.24. The van der Waals surface area contributed by atoms with Gasteiger partial charge in [0.15, 0.2) is 0 Å². The number of hydrogen-bond donors (Lipinski definition) is 1. The minimum absolute atomic E-state index is 0.622. The van der Waals surface area contributed by atoms with Crippen LogP contribution in [0.3, 0.4) is 0 Å². The largest absolute Gasteiger partial charge is 0.370 e. The maximum Gasteiger partial charge on any atom is 0.126 e. The molecule has 0 amide bonds. The Labute approximate surface area is 98.9 Å². The highest BCUT2D eigenvalue weighted by atomic mass is 15.1. The molecule has 1 heterocycles. The van der Waals surface area contributed by atoms with E-state index in [1.807, 2.05) is 25.1 Å². The maximum atomic E-state index is 4.40. The van der Waals surface area contributed by atoms with Crippen LogP contribution < -0.4 is 5.32 Å². The number of hydrogen-bond acceptors (Lipinski definition) is 3. The second-order valence-electron chi connectivity index (χ2n) is 4.52. The second kappa shape index (κ2) is 6.48. The first kappa shape index (κ1) is 13.0. The minimum atomic E-state index is 0.622. The molecule has 1 aromatic rings. The molecule has 3 heteroatoms. The Hall–Kier alpha value is -1.09. The van der Waals surface area contributed by atoms with E-state index in [9.17, 15) is 0 Å². The van der Waals surface area contributed by atoms with Crippen molar-refractivity contribution >= 4 is 5.82 Å². The van der Waals surface area contributed by atoms with E-state index in [1.165, 1.54) is 0 Å². The molecule has 0 aromatic carbocycles. The van der Waals surface area contributed by atoms with Gasteiger partial charge in [-0.05, 0) is 52.9 Å². The molecule has 1 N–H and O–H groups in total. The molecular formula is C13H23N3. The Bertz CT molecular complexity index is 310. The third-order valence-corrected chi connectivity index (χ3v) is 2.76. The van der Waals surface area contributed by atoms with Crippen molar-refractivity contribution in [3.63, 3.8) is 0 Å². The first-order valence-corrected chi connectivity index (χ1v) is 5.97. The Kier molecular flexibility index (Phi) is 5.26. The van der Waals surface area contributed by atoms with Gasteiger partial charge in [0, 0.05) is 18.3 Å². The summed E-state index contributed by atoms with van der Waals surface area (Å²) in [6, 6.07) is 6.68. The Morgan fingerprint density at radius 1 is 1.38 bits per heavy atom. The molecular weight excluding hydrogens is 198 g/mol. The van der Waals surface area contributed by atoms with Crippen LogP contribution in [-0.4, -0.2) is 36.1 Å². The van der Waals surface area contributed by atoms with Crippen molar-refractivity contribution in [3.8, 4) is 0 Å². The Morgan fingerprint density at radius 2 is 2.12 bits per heavy atom. The van der Waals surface area contributed by atoms with E-state index < -0.39 is 0 Å². The minimum Gasteiger partial charge on any atom is -0.370 e. The van der Waals surface area contributed by atoms with Gasteiger partial charge in [0.25, 0.3) is 0 Å². The molecule has 0 atom stereocenters. The summed E-state index contributed by atoms with van der Waals surface area (Å²) in [5.41, 5.74) is 1.06. The number of anilines is 1. The van der Waals surface area contributed by atoms with Crippen molar-refractivity contribution in [3.05, 3.63) is 23.9 Å². The van der Waals surface area contributed by atoms with Crippen molar-refractivity contribution in [2.75, 3.05) is 25.5 Å². The standard InChI is InChI=1S/C13H23N3/c1-11(2)16(4)10-6-9-14-13-8-5-7-12(3)15-13/h5,7-8,11H,6,9-10H2,1-4H3,(H,14,15). The van der Waals surface area contributed by atoms with Crippen LogP contribution in [0.2, 0.25) is 0 Å². The maximum absolute atomic E-state index is 4.40.